The van der Waals surface area contributed by atoms with Crippen molar-refractivity contribution in [3.05, 3.63) is 0 Å². The number of hydrogen-bond acceptors (Lipinski definition) is 5. The molecule has 0 aromatic rings. The van der Waals surface area contributed by atoms with Crippen LogP contribution in [0.15, 0.2) is 0 Å². The Morgan fingerprint density at radius 3 is 1.67 bits per heavy atom. The second kappa shape index (κ2) is 21.8. The Hall–Kier alpha value is 0.750. The van der Waals surface area contributed by atoms with E-state index in [2.05, 4.69) is 6.92 Å². The first kappa shape index (κ1) is 29.5. The molecule has 0 aliphatic carbocycles. The van der Waals surface area contributed by atoms with Gasteiger partial charge in [0.05, 0.1) is 13.2 Å². The molecular weight excluding hydrogens is 347 g/mol. The zero-order valence-electron chi connectivity index (χ0n) is 16.2. The molecule has 0 fully saturated rings. The second-order valence-corrected chi connectivity index (χ2v) is 6.44. The van der Waals surface area contributed by atoms with Crippen molar-refractivity contribution in [2.75, 3.05) is 19.8 Å². The molecule has 0 aliphatic rings. The van der Waals surface area contributed by atoms with Gasteiger partial charge in [-0.05, 0) is 6.42 Å². The van der Waals surface area contributed by atoms with Crippen molar-refractivity contribution in [3.8, 4) is 0 Å². The molecule has 0 radical (unpaired) electrons. The first-order valence-electron chi connectivity index (χ1n) is 8.37. The topological polar surface area (TPSA) is 124 Å². The quantitative estimate of drug-likeness (QED) is 0.185. The van der Waals surface area contributed by atoms with E-state index in [1.807, 2.05) is 0 Å². The number of aliphatic hydroxyl groups is 2. The van der Waals surface area contributed by atoms with Crippen LogP contribution in [-0.2, 0) is 15.1 Å². The Labute approximate surface area is 170 Å². The van der Waals surface area contributed by atoms with Gasteiger partial charge >= 0.3 is 40.0 Å². The van der Waals surface area contributed by atoms with Crippen LogP contribution in [0.4, 0.5) is 0 Å². The summed E-state index contributed by atoms with van der Waals surface area (Å²) in [5, 5.41) is 17.6. The molecule has 7 nitrogen and oxygen atoms in total. The van der Waals surface area contributed by atoms with Crippen LogP contribution in [0.5, 0.6) is 0 Å². The maximum atomic E-state index is 9.04. The molecule has 0 bridgehead atoms. The Morgan fingerprint density at radius 2 is 1.29 bits per heavy atom. The molecule has 9 heteroatoms. The third-order valence-electron chi connectivity index (χ3n) is 3.16. The number of ether oxygens (including phenoxy) is 1. The van der Waals surface area contributed by atoms with E-state index in [9.17, 15) is 0 Å². The van der Waals surface area contributed by atoms with Gasteiger partial charge in [0.2, 0.25) is 0 Å². The standard InChI is InChI=1S/C15H32O3.Na.H2O4S.H/c1-2-3-4-5-6-7-8-9-10-11-12-18-14-15(17)13-16;;1-5(2,3)4;/h15-17H,2-14H2,1H3;;(H2,1,2,3,4);/q;+1;;-1. The summed E-state index contributed by atoms with van der Waals surface area (Å²) >= 11 is 0. The predicted molar refractivity (Wildman–Crippen MR) is 91.0 cm³/mol. The zero-order valence-corrected chi connectivity index (χ0v) is 18.0. The van der Waals surface area contributed by atoms with E-state index < -0.39 is 16.5 Å². The number of unbranched alkanes of at least 4 members (excludes halogenated alkanes) is 9. The fourth-order valence-electron chi connectivity index (χ4n) is 1.96. The van der Waals surface area contributed by atoms with Gasteiger partial charge in [-0.25, -0.2) is 0 Å². The summed E-state index contributed by atoms with van der Waals surface area (Å²) in [5.74, 6) is 0. The predicted octanol–water partition coefficient (Wildman–Crippen LogP) is -0.259. The van der Waals surface area contributed by atoms with E-state index in [4.69, 9.17) is 32.5 Å². The average Bonchev–Trinajstić information content (AvgIpc) is 2.46. The molecule has 1 unspecified atom stereocenters. The molecule has 0 saturated carbocycles. The number of aliphatic hydroxyl groups excluding tert-OH is 2. The van der Waals surface area contributed by atoms with E-state index in [0.717, 1.165) is 6.42 Å². The summed E-state index contributed by atoms with van der Waals surface area (Å²) in [5.41, 5.74) is 0. The Bertz CT molecular complexity index is 324. The summed E-state index contributed by atoms with van der Waals surface area (Å²) in [7, 11) is -4.67. The van der Waals surface area contributed by atoms with Crippen LogP contribution in [0.2, 0.25) is 0 Å². The maximum absolute atomic E-state index is 9.04. The van der Waals surface area contributed by atoms with Gasteiger partial charge in [0.1, 0.15) is 6.10 Å². The summed E-state index contributed by atoms with van der Waals surface area (Å²) in [4.78, 5) is 0. The van der Waals surface area contributed by atoms with Gasteiger partial charge in [0.25, 0.3) is 0 Å². The second-order valence-electron chi connectivity index (χ2n) is 5.54. The van der Waals surface area contributed by atoms with Crippen molar-refractivity contribution in [1.29, 1.82) is 0 Å². The monoisotopic (exact) mass is 382 g/mol. The van der Waals surface area contributed by atoms with E-state index in [-0.39, 0.29) is 44.2 Å². The van der Waals surface area contributed by atoms with Crippen LogP contribution < -0.4 is 29.6 Å². The molecule has 0 aromatic carbocycles. The summed E-state index contributed by atoms with van der Waals surface area (Å²) in [6.45, 7) is 3.00. The Kier molecular flexibility index (Phi) is 26.8. The van der Waals surface area contributed by atoms with Gasteiger partial charge in [-0.15, -0.1) is 0 Å². The van der Waals surface area contributed by atoms with Crippen LogP contribution in [0.1, 0.15) is 72.6 Å². The van der Waals surface area contributed by atoms with Crippen molar-refractivity contribution in [1.82, 2.24) is 0 Å². The third kappa shape index (κ3) is 38.4. The summed E-state index contributed by atoms with van der Waals surface area (Å²) < 4.78 is 36.8. The molecule has 0 aromatic heterocycles. The SMILES string of the molecule is CCCCCCCCCCCCOCC(O)CO.O=S(=O)(O)O.[H-].[Na+]. The minimum absolute atomic E-state index is 0. The van der Waals surface area contributed by atoms with Gasteiger partial charge in [-0.1, -0.05) is 64.7 Å². The fourth-order valence-corrected chi connectivity index (χ4v) is 1.96. The maximum Gasteiger partial charge on any atom is 1.00 e. The molecule has 0 heterocycles. The molecule has 0 aliphatic heterocycles. The molecule has 4 N–H and O–H groups in total. The first-order chi connectivity index (χ1) is 10.8. The minimum Gasteiger partial charge on any atom is -1.00 e. The minimum atomic E-state index is -4.67. The van der Waals surface area contributed by atoms with Gasteiger partial charge in [-0.3, -0.25) is 9.11 Å². The smallest absolute Gasteiger partial charge is 1.00 e. The molecule has 0 rings (SSSR count). The van der Waals surface area contributed by atoms with Crippen LogP contribution in [0, 0.1) is 0 Å². The summed E-state index contributed by atoms with van der Waals surface area (Å²) in [6.07, 6.45) is 12.5. The van der Waals surface area contributed by atoms with E-state index in [1.165, 1.54) is 57.8 Å². The molecule has 0 saturated heterocycles. The Balaban J connectivity index is -0.000000276. The van der Waals surface area contributed by atoms with Crippen LogP contribution >= 0.6 is 0 Å². The Morgan fingerprint density at radius 1 is 0.917 bits per heavy atom. The fraction of sp³-hybridized carbons (Fsp3) is 1.00. The summed E-state index contributed by atoms with van der Waals surface area (Å²) in [6, 6.07) is 0. The van der Waals surface area contributed by atoms with Crippen molar-refractivity contribution in [3.63, 3.8) is 0 Å². The van der Waals surface area contributed by atoms with Crippen molar-refractivity contribution in [2.45, 2.75) is 77.2 Å². The van der Waals surface area contributed by atoms with Gasteiger partial charge in [0, 0.05) is 6.61 Å². The molecule has 144 valence electrons. The molecule has 24 heavy (non-hydrogen) atoms. The number of hydrogen-bond donors (Lipinski definition) is 4. The molecule has 0 spiro atoms. The normalized spacial score (nSPS) is 12.0. The van der Waals surface area contributed by atoms with E-state index in [1.54, 1.807) is 0 Å². The average molecular weight is 382 g/mol. The molecule has 0 amide bonds. The van der Waals surface area contributed by atoms with Crippen LogP contribution in [-0.4, -0.2) is 53.7 Å². The van der Waals surface area contributed by atoms with Gasteiger partial charge in [-0.2, -0.15) is 8.42 Å². The van der Waals surface area contributed by atoms with Crippen molar-refractivity contribution in [2.24, 2.45) is 0 Å². The van der Waals surface area contributed by atoms with Gasteiger partial charge < -0.3 is 16.4 Å². The van der Waals surface area contributed by atoms with E-state index >= 15 is 0 Å². The number of rotatable bonds is 14. The zero-order chi connectivity index (χ0) is 18.0. The van der Waals surface area contributed by atoms with Crippen LogP contribution in [0.3, 0.4) is 0 Å². The van der Waals surface area contributed by atoms with Crippen LogP contribution in [0.25, 0.3) is 0 Å². The third-order valence-corrected chi connectivity index (χ3v) is 3.16. The van der Waals surface area contributed by atoms with Crippen molar-refractivity contribution < 1.29 is 63.5 Å². The largest absolute Gasteiger partial charge is 1.00 e. The molecule has 1 atom stereocenters. The van der Waals surface area contributed by atoms with Gasteiger partial charge in [0.15, 0.2) is 0 Å². The first-order valence-corrected chi connectivity index (χ1v) is 9.77. The molecular formula is C15H35NaO7S. The van der Waals surface area contributed by atoms with Crippen molar-refractivity contribution >= 4 is 10.4 Å². The van der Waals surface area contributed by atoms with E-state index in [0.29, 0.717) is 6.61 Å².